The molecule has 0 saturated heterocycles. The maximum atomic E-state index is 5.22. The molecule has 9 rings (SSSR count). The molecule has 1 N–H and O–H groups in total. The van der Waals surface area contributed by atoms with Gasteiger partial charge in [0.2, 0.25) is 0 Å². The van der Waals surface area contributed by atoms with Crippen LogP contribution in [0.25, 0.3) is 70.7 Å². The van der Waals surface area contributed by atoms with Crippen LogP contribution < -0.4 is 5.32 Å². The first-order valence-corrected chi connectivity index (χ1v) is 16.1. The topological polar surface area (TPSA) is 24.9 Å². The van der Waals surface area contributed by atoms with Crippen molar-refractivity contribution in [2.75, 3.05) is 5.32 Å². The van der Waals surface area contributed by atoms with E-state index < -0.39 is 0 Å². The van der Waals surface area contributed by atoms with Gasteiger partial charge < -0.3 is 5.32 Å². The Kier molecular flexibility index (Phi) is 6.10. The molecule has 1 aliphatic rings. The second-order valence-electron chi connectivity index (χ2n) is 11.7. The Balaban J connectivity index is 1.03. The number of hydrogen-bond acceptors (Lipinski definition) is 3. The van der Waals surface area contributed by atoms with E-state index in [1.54, 1.807) is 0 Å². The Hall–Kier alpha value is -5.51. The smallest absolute Gasteiger partial charge is 0.0947 e. The molecule has 0 radical (unpaired) electrons. The van der Waals surface area contributed by atoms with Crippen LogP contribution in [0, 0.1) is 0 Å². The zero-order valence-corrected chi connectivity index (χ0v) is 25.3. The number of rotatable bonds is 4. The molecular weight excluding hydrogens is 565 g/mol. The Bertz CT molecular complexity index is 2400. The number of anilines is 1. The number of fused-ring (bicyclic) bond motifs is 6. The van der Waals surface area contributed by atoms with Gasteiger partial charge in [0.15, 0.2) is 0 Å². The van der Waals surface area contributed by atoms with Gasteiger partial charge in [-0.15, -0.1) is 11.3 Å². The Morgan fingerprint density at radius 3 is 2.16 bits per heavy atom. The zero-order chi connectivity index (χ0) is 29.7. The third-order valence-corrected chi connectivity index (χ3v) is 10.1. The molecular formula is C42H28N2S. The highest BCUT2D eigenvalue weighted by molar-refractivity contribution is 7.25. The van der Waals surface area contributed by atoms with Gasteiger partial charge in [0.05, 0.1) is 22.9 Å². The fourth-order valence-corrected chi connectivity index (χ4v) is 7.62. The van der Waals surface area contributed by atoms with Crippen molar-refractivity contribution in [3.8, 4) is 33.5 Å². The molecule has 1 unspecified atom stereocenters. The fraction of sp³-hybridized carbons (Fsp3) is 0.0238. The molecule has 0 fully saturated rings. The van der Waals surface area contributed by atoms with E-state index in [1.807, 2.05) is 11.3 Å². The van der Waals surface area contributed by atoms with E-state index in [9.17, 15) is 0 Å². The lowest BCUT2D eigenvalue weighted by Gasteiger charge is -2.24. The summed E-state index contributed by atoms with van der Waals surface area (Å²) in [4.78, 5) is 5.22. The second-order valence-corrected chi connectivity index (χ2v) is 12.7. The van der Waals surface area contributed by atoms with Crippen molar-refractivity contribution >= 4 is 54.2 Å². The molecule has 0 amide bonds. The van der Waals surface area contributed by atoms with E-state index in [0.29, 0.717) is 0 Å². The summed E-state index contributed by atoms with van der Waals surface area (Å²) in [6, 6.07) is 52.4. The lowest BCUT2D eigenvalue weighted by molar-refractivity contribution is 0.981. The van der Waals surface area contributed by atoms with Crippen LogP contribution in [0.5, 0.6) is 0 Å². The van der Waals surface area contributed by atoms with Crippen LogP contribution >= 0.6 is 11.3 Å². The number of nitrogens with one attached hydrogen (secondary N) is 1. The maximum Gasteiger partial charge on any atom is 0.0947 e. The average Bonchev–Trinajstić information content (AvgIpc) is 3.50. The van der Waals surface area contributed by atoms with Crippen LogP contribution in [-0.4, -0.2) is 4.98 Å². The van der Waals surface area contributed by atoms with Crippen LogP contribution in [0.1, 0.15) is 17.2 Å². The van der Waals surface area contributed by atoms with Gasteiger partial charge in [-0.25, -0.2) is 4.98 Å². The number of benzene rings is 6. The summed E-state index contributed by atoms with van der Waals surface area (Å²) in [5, 5.41) is 7.62. The molecule has 45 heavy (non-hydrogen) atoms. The quantitative estimate of drug-likeness (QED) is 0.220. The summed E-state index contributed by atoms with van der Waals surface area (Å²) >= 11 is 1.86. The number of thiophene rings is 1. The molecule has 8 aromatic rings. The minimum atomic E-state index is 0.0623. The summed E-state index contributed by atoms with van der Waals surface area (Å²) in [5.41, 5.74) is 11.4. The van der Waals surface area contributed by atoms with Crippen molar-refractivity contribution in [2.24, 2.45) is 0 Å². The highest BCUT2D eigenvalue weighted by Gasteiger charge is 2.18. The first-order chi connectivity index (χ1) is 22.3. The minimum absolute atomic E-state index is 0.0623. The van der Waals surface area contributed by atoms with Gasteiger partial charge in [-0.1, -0.05) is 127 Å². The van der Waals surface area contributed by atoms with Gasteiger partial charge in [-0.05, 0) is 63.7 Å². The van der Waals surface area contributed by atoms with Gasteiger partial charge in [0.1, 0.15) is 0 Å². The van der Waals surface area contributed by atoms with Crippen molar-refractivity contribution in [1.29, 1.82) is 0 Å². The molecule has 0 bridgehead atoms. The van der Waals surface area contributed by atoms with Gasteiger partial charge in [-0.2, -0.15) is 0 Å². The first-order valence-electron chi connectivity index (χ1n) is 15.3. The van der Waals surface area contributed by atoms with Crippen molar-refractivity contribution in [2.45, 2.75) is 6.04 Å². The average molecular weight is 593 g/mol. The zero-order valence-electron chi connectivity index (χ0n) is 24.4. The lowest BCUT2D eigenvalue weighted by Crippen LogP contribution is -2.13. The molecule has 212 valence electrons. The summed E-state index contributed by atoms with van der Waals surface area (Å²) < 4.78 is 2.67. The maximum absolute atomic E-state index is 5.22. The second kappa shape index (κ2) is 10.6. The molecule has 2 aromatic heterocycles. The first kappa shape index (κ1) is 25.9. The van der Waals surface area contributed by atoms with Gasteiger partial charge >= 0.3 is 0 Å². The van der Waals surface area contributed by atoms with Gasteiger partial charge in [0.25, 0.3) is 0 Å². The van der Waals surface area contributed by atoms with E-state index in [1.165, 1.54) is 48.0 Å². The largest absolute Gasteiger partial charge is 0.372 e. The van der Waals surface area contributed by atoms with Crippen molar-refractivity contribution < 1.29 is 0 Å². The third kappa shape index (κ3) is 4.61. The van der Waals surface area contributed by atoms with E-state index in [-0.39, 0.29) is 6.04 Å². The van der Waals surface area contributed by atoms with Crippen molar-refractivity contribution in [1.82, 2.24) is 4.98 Å². The standard InChI is InChI=1S/C42H28N2S/c1-2-7-27(8-3-1)32-9-6-10-34(25-32)38-23-20-31-18-17-30-19-22-37(43-41(30)42(31)44-38)29-15-13-28(14-16-29)33-21-24-40-36(26-33)35-11-4-5-12-39(35)45-40/h1-26,37,43H. The molecule has 1 aliphatic heterocycles. The monoisotopic (exact) mass is 592 g/mol. The lowest BCUT2D eigenvalue weighted by atomic mass is 9.95. The summed E-state index contributed by atoms with van der Waals surface area (Å²) in [6.45, 7) is 0. The molecule has 3 heteroatoms. The SMILES string of the molecule is C1=CC(c2ccc(-c3ccc4sc5ccccc5c4c3)cc2)Nc2c1ccc1ccc(-c3cccc(-c4ccccc4)c3)nc21. The van der Waals surface area contributed by atoms with Crippen molar-refractivity contribution in [3.05, 3.63) is 163 Å². The van der Waals surface area contributed by atoms with Gasteiger partial charge in [0, 0.05) is 31.1 Å². The third-order valence-electron chi connectivity index (χ3n) is 8.91. The molecule has 0 saturated carbocycles. The Labute approximate surface area is 266 Å². The summed E-state index contributed by atoms with van der Waals surface area (Å²) in [6.07, 6.45) is 4.48. The molecule has 3 heterocycles. The van der Waals surface area contributed by atoms with Crippen LogP contribution in [0.3, 0.4) is 0 Å². The minimum Gasteiger partial charge on any atom is -0.372 e. The highest BCUT2D eigenvalue weighted by Crippen LogP contribution is 2.39. The normalized spacial score (nSPS) is 14.1. The molecule has 6 aromatic carbocycles. The molecule has 2 nitrogen and oxygen atoms in total. The number of pyridine rings is 1. The van der Waals surface area contributed by atoms with Gasteiger partial charge in [-0.3, -0.25) is 0 Å². The van der Waals surface area contributed by atoms with Crippen LogP contribution in [-0.2, 0) is 0 Å². The Morgan fingerprint density at radius 2 is 1.24 bits per heavy atom. The predicted octanol–water partition coefficient (Wildman–Crippen LogP) is 11.8. The highest BCUT2D eigenvalue weighted by atomic mass is 32.1. The summed E-state index contributed by atoms with van der Waals surface area (Å²) in [7, 11) is 0. The van der Waals surface area contributed by atoms with E-state index >= 15 is 0 Å². The van der Waals surface area contributed by atoms with Crippen LogP contribution in [0.2, 0.25) is 0 Å². The van der Waals surface area contributed by atoms with Crippen LogP contribution in [0.15, 0.2) is 152 Å². The Morgan fingerprint density at radius 1 is 0.533 bits per heavy atom. The van der Waals surface area contributed by atoms with E-state index in [4.69, 9.17) is 4.98 Å². The number of nitrogens with zero attached hydrogens (tertiary/aromatic N) is 1. The van der Waals surface area contributed by atoms with Crippen molar-refractivity contribution in [3.63, 3.8) is 0 Å². The number of aromatic nitrogens is 1. The number of hydrogen-bond donors (Lipinski definition) is 1. The molecule has 0 spiro atoms. The van der Waals surface area contributed by atoms with E-state index in [2.05, 4.69) is 163 Å². The van der Waals surface area contributed by atoms with Crippen LogP contribution in [0.4, 0.5) is 5.69 Å². The molecule has 1 atom stereocenters. The molecule has 0 aliphatic carbocycles. The fourth-order valence-electron chi connectivity index (χ4n) is 6.53. The van der Waals surface area contributed by atoms with E-state index in [0.717, 1.165) is 33.4 Å². The predicted molar refractivity (Wildman–Crippen MR) is 193 cm³/mol. The summed E-state index contributed by atoms with van der Waals surface area (Å²) in [5.74, 6) is 0.